The first kappa shape index (κ1) is 30.8. The Morgan fingerprint density at radius 2 is 1.60 bits per heavy atom. The predicted octanol–water partition coefficient (Wildman–Crippen LogP) is 6.05. The predicted molar refractivity (Wildman–Crippen MR) is 170 cm³/mol. The van der Waals surface area contributed by atoms with Crippen molar-refractivity contribution in [3.8, 4) is 22.4 Å². The number of amides is 2. The molecule has 0 spiro atoms. The fraction of sp³-hybridized carbons (Fsp3) is 0.486. The number of rotatable bonds is 7. The van der Waals surface area contributed by atoms with E-state index in [2.05, 4.69) is 27.3 Å². The molecule has 0 radical (unpaired) electrons. The van der Waals surface area contributed by atoms with Gasteiger partial charge in [0.05, 0.1) is 5.60 Å². The van der Waals surface area contributed by atoms with Crippen molar-refractivity contribution in [3.05, 3.63) is 66.2 Å². The van der Waals surface area contributed by atoms with Gasteiger partial charge in [-0.3, -0.25) is 9.59 Å². The first-order chi connectivity index (χ1) is 20.6. The van der Waals surface area contributed by atoms with Gasteiger partial charge >= 0.3 is 0 Å². The van der Waals surface area contributed by atoms with E-state index in [0.29, 0.717) is 36.5 Å². The fourth-order valence-corrected chi connectivity index (χ4v) is 6.71. The van der Waals surface area contributed by atoms with Crippen molar-refractivity contribution in [3.63, 3.8) is 0 Å². The highest BCUT2D eigenvalue weighted by Crippen LogP contribution is 2.46. The van der Waals surface area contributed by atoms with Gasteiger partial charge < -0.3 is 21.1 Å². The zero-order valence-electron chi connectivity index (χ0n) is 25.7. The first-order valence-corrected chi connectivity index (χ1v) is 15.7. The number of anilines is 1. The molecular formula is C35H45N5O3. The van der Waals surface area contributed by atoms with Gasteiger partial charge in [0, 0.05) is 42.1 Å². The van der Waals surface area contributed by atoms with Gasteiger partial charge in [-0.25, -0.2) is 0 Å². The van der Waals surface area contributed by atoms with Gasteiger partial charge in [-0.05, 0) is 69.6 Å². The average molecular weight is 584 g/mol. The highest BCUT2D eigenvalue weighted by molar-refractivity contribution is 5.90. The number of nitrogens with one attached hydrogen (secondary N) is 1. The minimum absolute atomic E-state index is 0.194. The molecule has 3 aliphatic carbocycles. The summed E-state index contributed by atoms with van der Waals surface area (Å²) in [5, 5.41) is 21.3. The summed E-state index contributed by atoms with van der Waals surface area (Å²) in [7, 11) is 0. The summed E-state index contributed by atoms with van der Waals surface area (Å²) >= 11 is 0. The van der Waals surface area contributed by atoms with E-state index >= 15 is 0 Å². The largest absolute Gasteiger partial charge is 0.390 e. The van der Waals surface area contributed by atoms with Crippen molar-refractivity contribution in [1.29, 1.82) is 0 Å². The molecule has 0 unspecified atom stereocenters. The maximum atomic E-state index is 12.0. The number of hydrogen-bond donors (Lipinski definition) is 3. The second-order valence-electron chi connectivity index (χ2n) is 12.8. The van der Waals surface area contributed by atoms with Crippen LogP contribution in [0, 0.1) is 5.92 Å². The van der Waals surface area contributed by atoms with Crippen molar-refractivity contribution < 1.29 is 14.7 Å². The van der Waals surface area contributed by atoms with Crippen molar-refractivity contribution >= 4 is 17.6 Å². The Labute approximate surface area is 255 Å². The third kappa shape index (κ3) is 7.48. The lowest BCUT2D eigenvalue weighted by molar-refractivity contribution is -0.135. The summed E-state index contributed by atoms with van der Waals surface area (Å²) in [4.78, 5) is 25.5. The Morgan fingerprint density at radius 1 is 0.953 bits per heavy atom. The first-order valence-electron chi connectivity index (χ1n) is 15.7. The van der Waals surface area contributed by atoms with Crippen LogP contribution in [0.4, 0.5) is 5.82 Å². The number of nitrogens with two attached hydrogens (primary N) is 1. The molecule has 3 fully saturated rings. The lowest BCUT2D eigenvalue weighted by atomic mass is 9.63. The van der Waals surface area contributed by atoms with Crippen LogP contribution < -0.4 is 11.1 Å². The van der Waals surface area contributed by atoms with Crippen LogP contribution in [0.25, 0.3) is 22.4 Å². The minimum atomic E-state index is -0.696. The van der Waals surface area contributed by atoms with Gasteiger partial charge in [-0.15, -0.1) is 10.2 Å². The van der Waals surface area contributed by atoms with Crippen LogP contribution in [0.2, 0.25) is 0 Å². The number of aromatic nitrogens is 2. The van der Waals surface area contributed by atoms with E-state index in [1.165, 1.54) is 39.0 Å². The quantitative estimate of drug-likeness (QED) is 0.312. The van der Waals surface area contributed by atoms with Crippen LogP contribution in [-0.2, 0) is 15.1 Å². The molecule has 3 aliphatic rings. The molecule has 1 heterocycles. The Bertz CT molecular complexity index is 1410. The molecule has 1 aromatic heterocycles. The molecule has 0 bridgehead atoms. The summed E-state index contributed by atoms with van der Waals surface area (Å²) in [6.07, 6.45) is 9.85. The molecule has 0 aliphatic heterocycles. The maximum Gasteiger partial charge on any atom is 0.225 e. The number of carbonyl (C=O) groups excluding carboxylic acids is 2. The highest BCUT2D eigenvalue weighted by atomic mass is 16.3. The molecule has 2 aromatic carbocycles. The third-order valence-electron chi connectivity index (χ3n) is 8.87. The van der Waals surface area contributed by atoms with Crippen molar-refractivity contribution in [2.24, 2.45) is 11.7 Å². The second kappa shape index (κ2) is 12.9. The summed E-state index contributed by atoms with van der Waals surface area (Å²) in [6, 6.07) is 20.2. The normalized spacial score (nSPS) is 23.4. The summed E-state index contributed by atoms with van der Waals surface area (Å²) in [5.41, 5.74) is 9.75. The molecule has 228 valence electrons. The van der Waals surface area contributed by atoms with Crippen molar-refractivity contribution in [2.45, 2.75) is 95.7 Å². The summed E-state index contributed by atoms with van der Waals surface area (Å²) < 4.78 is 0. The van der Waals surface area contributed by atoms with Crippen LogP contribution in [0.3, 0.4) is 0 Å². The molecule has 8 nitrogen and oxygen atoms in total. The number of hydrogen-bond acceptors (Lipinski definition) is 6. The summed E-state index contributed by atoms with van der Waals surface area (Å²) in [6.45, 7) is 6.29. The topological polar surface area (TPSA) is 121 Å². The SMILES string of the molecule is CC(=O)Nc1cc(-c2ccccc2)c(-c2ccc(C3(N)CC(C)(O)C3)cc2)nn1.CCN(C(=O)C1CC1)C1CCCCC1. The van der Waals surface area contributed by atoms with E-state index in [1.807, 2.05) is 67.6 Å². The Kier molecular flexibility index (Phi) is 9.28. The molecule has 6 rings (SSSR count). The molecule has 2 amide bonds. The van der Waals surface area contributed by atoms with Gasteiger partial charge in [-0.2, -0.15) is 0 Å². The third-order valence-corrected chi connectivity index (χ3v) is 8.87. The van der Waals surface area contributed by atoms with Crippen LogP contribution in [0.1, 0.15) is 84.1 Å². The lowest BCUT2D eigenvalue weighted by Gasteiger charge is -2.49. The molecule has 0 atom stereocenters. The smallest absolute Gasteiger partial charge is 0.225 e. The van der Waals surface area contributed by atoms with Crippen molar-refractivity contribution in [2.75, 3.05) is 11.9 Å². The summed E-state index contributed by atoms with van der Waals surface area (Å²) in [5.74, 6) is 1.06. The van der Waals surface area contributed by atoms with E-state index in [0.717, 1.165) is 47.3 Å². The van der Waals surface area contributed by atoms with Gasteiger partial charge in [0.15, 0.2) is 5.82 Å². The molecular weight excluding hydrogens is 538 g/mol. The fourth-order valence-electron chi connectivity index (χ4n) is 6.71. The monoisotopic (exact) mass is 583 g/mol. The molecule has 4 N–H and O–H groups in total. The van der Waals surface area contributed by atoms with E-state index in [1.54, 1.807) is 0 Å². The molecule has 3 saturated carbocycles. The van der Waals surface area contributed by atoms with E-state index in [4.69, 9.17) is 5.73 Å². The molecule has 3 aromatic rings. The van der Waals surface area contributed by atoms with E-state index in [9.17, 15) is 14.7 Å². The number of aliphatic hydroxyl groups is 1. The Balaban J connectivity index is 0.000000220. The van der Waals surface area contributed by atoms with Crippen LogP contribution in [0.5, 0.6) is 0 Å². The minimum Gasteiger partial charge on any atom is -0.390 e. The van der Waals surface area contributed by atoms with Crippen LogP contribution in [0.15, 0.2) is 60.7 Å². The Hall–Kier alpha value is -3.62. The molecule has 8 heteroatoms. The zero-order valence-corrected chi connectivity index (χ0v) is 25.7. The van der Waals surface area contributed by atoms with Crippen molar-refractivity contribution in [1.82, 2.24) is 15.1 Å². The number of nitrogens with zero attached hydrogens (tertiary/aromatic N) is 3. The highest BCUT2D eigenvalue weighted by Gasteiger charge is 2.49. The lowest BCUT2D eigenvalue weighted by Crippen LogP contribution is -2.58. The number of benzene rings is 2. The molecule has 43 heavy (non-hydrogen) atoms. The maximum absolute atomic E-state index is 12.0. The zero-order chi connectivity index (χ0) is 30.6. The standard InChI is InChI=1S/C23H24N4O2.C12H21NO/c1-15(28)25-20-12-19(16-6-4-3-5-7-16)21(27-26-20)17-8-10-18(11-9-17)23(24)13-22(2,29)14-23;1-2-13(12(14)10-8-9-10)11-6-4-3-5-7-11/h3-12,29H,13-14,24H2,1-2H3,(H,25,26,28);10-11H,2-9H2,1H3. The van der Waals surface area contributed by atoms with E-state index < -0.39 is 11.1 Å². The van der Waals surface area contributed by atoms with Gasteiger partial charge in [0.2, 0.25) is 11.8 Å². The van der Waals surface area contributed by atoms with Gasteiger partial charge in [0.25, 0.3) is 0 Å². The average Bonchev–Trinajstić information content (AvgIpc) is 3.84. The Morgan fingerprint density at radius 3 is 2.16 bits per heavy atom. The second-order valence-corrected chi connectivity index (χ2v) is 12.8. The van der Waals surface area contributed by atoms with Crippen LogP contribution >= 0.6 is 0 Å². The molecule has 0 saturated heterocycles. The van der Waals surface area contributed by atoms with Gasteiger partial charge in [-0.1, -0.05) is 73.9 Å². The van der Waals surface area contributed by atoms with Gasteiger partial charge in [0.1, 0.15) is 5.69 Å². The number of carbonyl (C=O) groups is 2. The van der Waals surface area contributed by atoms with E-state index in [-0.39, 0.29) is 5.91 Å². The van der Waals surface area contributed by atoms with Crippen LogP contribution in [-0.4, -0.2) is 50.2 Å².